The van der Waals surface area contributed by atoms with Gasteiger partial charge in [0, 0.05) is 11.8 Å². The largest absolute Gasteiger partial charge is 0.481 e. The molecule has 2 nitrogen and oxygen atoms in total. The van der Waals surface area contributed by atoms with Gasteiger partial charge in [-0.3, -0.25) is 4.79 Å². The first-order valence-corrected chi connectivity index (χ1v) is 4.53. The van der Waals surface area contributed by atoms with Crippen molar-refractivity contribution in [3.63, 3.8) is 0 Å². The first-order chi connectivity index (χ1) is 6.40. The number of hydrogen-bond acceptors (Lipinski definition) is 2. The van der Waals surface area contributed by atoms with E-state index in [1.807, 2.05) is 0 Å². The number of aliphatic carboxylic acids is 1. The molecule has 1 rings (SSSR count). The van der Waals surface area contributed by atoms with Crippen molar-refractivity contribution in [2.24, 2.45) is 0 Å². The van der Waals surface area contributed by atoms with Crippen LogP contribution in [0.4, 0.5) is 13.2 Å². The van der Waals surface area contributed by atoms with E-state index in [0.29, 0.717) is 17.8 Å². The zero-order chi connectivity index (χ0) is 11.3. The number of halogens is 3. The fourth-order valence-corrected chi connectivity index (χ4v) is 1.35. The SMILES string of the molecule is CC(=O)O.CCc1sc(F)c(F)c1F. The van der Waals surface area contributed by atoms with Crippen LogP contribution in [0.2, 0.25) is 0 Å². The van der Waals surface area contributed by atoms with Crippen LogP contribution >= 0.6 is 11.3 Å². The monoisotopic (exact) mass is 226 g/mol. The number of rotatable bonds is 1. The fourth-order valence-electron chi connectivity index (χ4n) is 0.634. The maximum atomic E-state index is 12.4. The van der Waals surface area contributed by atoms with Gasteiger partial charge in [0.1, 0.15) is 0 Å². The van der Waals surface area contributed by atoms with E-state index in [1.54, 1.807) is 6.92 Å². The normalized spacial score (nSPS) is 9.21. The first-order valence-electron chi connectivity index (χ1n) is 3.71. The summed E-state index contributed by atoms with van der Waals surface area (Å²) >= 11 is 0.524. The minimum Gasteiger partial charge on any atom is -0.481 e. The molecule has 0 amide bonds. The van der Waals surface area contributed by atoms with Crippen molar-refractivity contribution in [3.05, 3.63) is 21.6 Å². The number of carboxylic acids is 1. The van der Waals surface area contributed by atoms with Crippen molar-refractivity contribution in [1.82, 2.24) is 0 Å². The van der Waals surface area contributed by atoms with Crippen LogP contribution in [0.5, 0.6) is 0 Å². The quantitative estimate of drug-likeness (QED) is 0.799. The van der Waals surface area contributed by atoms with Gasteiger partial charge in [-0.25, -0.2) is 4.39 Å². The molecule has 0 radical (unpaired) electrons. The highest BCUT2D eigenvalue weighted by molar-refractivity contribution is 7.10. The molecule has 0 aromatic carbocycles. The Morgan fingerprint density at radius 3 is 1.93 bits per heavy atom. The Morgan fingerprint density at radius 2 is 1.79 bits per heavy atom. The van der Waals surface area contributed by atoms with E-state index in [2.05, 4.69) is 0 Å². The zero-order valence-corrected chi connectivity index (χ0v) is 8.42. The molecule has 0 saturated heterocycles. The molecule has 0 bridgehead atoms. The molecule has 0 aliphatic rings. The van der Waals surface area contributed by atoms with Gasteiger partial charge in [0.15, 0.2) is 5.82 Å². The molecule has 0 aliphatic heterocycles. The Balaban J connectivity index is 0.000000364. The van der Waals surface area contributed by atoms with Crippen molar-refractivity contribution in [2.75, 3.05) is 0 Å². The second-order valence-corrected chi connectivity index (χ2v) is 3.35. The summed E-state index contributed by atoms with van der Waals surface area (Å²) in [5.74, 6) is -3.22. The maximum absolute atomic E-state index is 12.4. The number of carboxylic acid groups (broad SMARTS) is 1. The van der Waals surface area contributed by atoms with Gasteiger partial charge >= 0.3 is 0 Å². The molecule has 0 unspecified atom stereocenters. The summed E-state index contributed by atoms with van der Waals surface area (Å²) in [6, 6.07) is 0. The lowest BCUT2D eigenvalue weighted by atomic mass is 10.4. The Kier molecular flexibility index (Phi) is 5.22. The van der Waals surface area contributed by atoms with Gasteiger partial charge in [-0.15, -0.1) is 11.3 Å². The Hall–Kier alpha value is -1.04. The highest BCUT2D eigenvalue weighted by Gasteiger charge is 2.16. The smallest absolute Gasteiger partial charge is 0.300 e. The van der Waals surface area contributed by atoms with Crippen LogP contribution in [-0.4, -0.2) is 11.1 Å². The molecule has 14 heavy (non-hydrogen) atoms. The van der Waals surface area contributed by atoms with Gasteiger partial charge in [-0.05, 0) is 6.42 Å². The van der Waals surface area contributed by atoms with E-state index in [9.17, 15) is 13.2 Å². The second-order valence-electron chi connectivity index (χ2n) is 2.30. The lowest BCUT2D eigenvalue weighted by molar-refractivity contribution is -0.134. The predicted molar refractivity (Wildman–Crippen MR) is 46.9 cm³/mol. The Morgan fingerprint density at radius 1 is 1.36 bits per heavy atom. The standard InChI is InChI=1S/C6H5F3S.C2H4O2/c1-2-3-4(7)5(8)6(9)10-3;1-2(3)4/h2H2,1H3;1H3,(H,3,4). The van der Waals surface area contributed by atoms with Crippen LogP contribution < -0.4 is 0 Å². The molecule has 80 valence electrons. The number of carbonyl (C=O) groups is 1. The van der Waals surface area contributed by atoms with Gasteiger partial charge < -0.3 is 5.11 Å². The van der Waals surface area contributed by atoms with E-state index in [1.165, 1.54) is 0 Å². The van der Waals surface area contributed by atoms with Crippen molar-refractivity contribution in [3.8, 4) is 0 Å². The summed E-state index contributed by atoms with van der Waals surface area (Å²) in [7, 11) is 0. The molecule has 0 aliphatic carbocycles. The maximum Gasteiger partial charge on any atom is 0.300 e. The van der Waals surface area contributed by atoms with Gasteiger partial charge in [-0.1, -0.05) is 6.92 Å². The minimum atomic E-state index is -1.35. The first kappa shape index (κ1) is 13.0. The minimum absolute atomic E-state index is 0.134. The molecule has 0 spiro atoms. The zero-order valence-electron chi connectivity index (χ0n) is 7.60. The molecule has 1 aromatic heterocycles. The summed E-state index contributed by atoms with van der Waals surface area (Å²) in [4.78, 5) is 9.13. The van der Waals surface area contributed by atoms with Crippen molar-refractivity contribution in [1.29, 1.82) is 0 Å². The van der Waals surface area contributed by atoms with Gasteiger partial charge in [-0.2, -0.15) is 8.78 Å². The third-order valence-corrected chi connectivity index (χ3v) is 2.22. The lowest BCUT2D eigenvalue weighted by Gasteiger charge is -1.84. The molecule has 1 N–H and O–H groups in total. The number of thiophene rings is 1. The van der Waals surface area contributed by atoms with Gasteiger partial charge in [0.05, 0.1) is 0 Å². The van der Waals surface area contributed by atoms with Crippen molar-refractivity contribution < 1.29 is 23.1 Å². The third kappa shape index (κ3) is 3.78. The van der Waals surface area contributed by atoms with E-state index in [4.69, 9.17) is 9.90 Å². The van der Waals surface area contributed by atoms with E-state index >= 15 is 0 Å². The Labute approximate surface area is 83.0 Å². The van der Waals surface area contributed by atoms with E-state index in [-0.39, 0.29) is 4.88 Å². The number of aryl methyl sites for hydroxylation is 1. The van der Waals surface area contributed by atoms with Crippen LogP contribution in [0.1, 0.15) is 18.7 Å². The molecule has 0 saturated carbocycles. The van der Waals surface area contributed by atoms with Crippen LogP contribution in [0.15, 0.2) is 0 Å². The molecular weight excluding hydrogens is 217 g/mol. The molecule has 0 atom stereocenters. The van der Waals surface area contributed by atoms with E-state index < -0.39 is 22.7 Å². The molecule has 1 heterocycles. The lowest BCUT2D eigenvalue weighted by Crippen LogP contribution is -1.81. The molecule has 0 fully saturated rings. The van der Waals surface area contributed by atoms with Crippen molar-refractivity contribution >= 4 is 17.3 Å². The van der Waals surface area contributed by atoms with Crippen LogP contribution in [0.25, 0.3) is 0 Å². The summed E-state index contributed by atoms with van der Waals surface area (Å²) in [6.45, 7) is 2.73. The number of hydrogen-bond donors (Lipinski definition) is 1. The highest BCUT2D eigenvalue weighted by atomic mass is 32.1. The van der Waals surface area contributed by atoms with Crippen LogP contribution in [0, 0.1) is 16.8 Å². The Bertz CT molecular complexity index is 319. The highest BCUT2D eigenvalue weighted by Crippen LogP contribution is 2.24. The van der Waals surface area contributed by atoms with E-state index in [0.717, 1.165) is 6.92 Å². The van der Waals surface area contributed by atoms with Gasteiger partial charge in [0.25, 0.3) is 5.97 Å². The second kappa shape index (κ2) is 5.64. The third-order valence-electron chi connectivity index (χ3n) is 1.14. The van der Waals surface area contributed by atoms with Crippen molar-refractivity contribution in [2.45, 2.75) is 20.3 Å². The predicted octanol–water partition coefficient (Wildman–Crippen LogP) is 2.82. The molecule has 6 heteroatoms. The fraction of sp³-hybridized carbons (Fsp3) is 0.375. The topological polar surface area (TPSA) is 37.3 Å². The summed E-state index contributed by atoms with van der Waals surface area (Å²) < 4.78 is 36.8. The van der Waals surface area contributed by atoms with Crippen LogP contribution in [0.3, 0.4) is 0 Å². The van der Waals surface area contributed by atoms with Crippen LogP contribution in [-0.2, 0) is 11.2 Å². The molecular formula is C8H9F3O2S. The summed E-state index contributed by atoms with van der Waals surface area (Å²) in [5, 5.41) is 6.36. The molecule has 1 aromatic rings. The van der Waals surface area contributed by atoms with Gasteiger partial charge in [0.2, 0.25) is 10.9 Å². The summed E-state index contributed by atoms with van der Waals surface area (Å²) in [6.07, 6.45) is 0.331. The summed E-state index contributed by atoms with van der Waals surface area (Å²) in [5.41, 5.74) is 0. The average molecular weight is 226 g/mol. The average Bonchev–Trinajstić information content (AvgIpc) is 2.31.